The van der Waals surface area contributed by atoms with E-state index >= 15 is 0 Å². The molecule has 0 saturated heterocycles. The third-order valence-corrected chi connectivity index (χ3v) is 4.39. The van der Waals surface area contributed by atoms with E-state index in [9.17, 15) is 0 Å². The normalized spacial score (nSPS) is 13.0. The number of ether oxygens (including phenoxy) is 1. The Hall–Kier alpha value is -3.30. The van der Waals surface area contributed by atoms with Crippen molar-refractivity contribution in [1.82, 2.24) is 9.97 Å². The number of hydrogen-bond acceptors (Lipinski definition) is 3. The summed E-state index contributed by atoms with van der Waals surface area (Å²) in [6.07, 6.45) is 3.01. The van der Waals surface area contributed by atoms with E-state index in [1.54, 1.807) is 12.4 Å². The van der Waals surface area contributed by atoms with Crippen molar-refractivity contribution in [2.45, 2.75) is 12.2 Å². The van der Waals surface area contributed by atoms with E-state index in [-0.39, 0.29) is 12.2 Å². The lowest BCUT2D eigenvalue weighted by atomic mass is 10.0. The molecule has 27 heavy (non-hydrogen) atoms. The van der Waals surface area contributed by atoms with Gasteiger partial charge in [-0.2, -0.15) is 0 Å². The van der Waals surface area contributed by atoms with Crippen LogP contribution < -0.4 is 0 Å². The lowest BCUT2D eigenvalue weighted by Gasteiger charge is -2.25. The Morgan fingerprint density at radius 2 is 0.889 bits per heavy atom. The molecule has 0 aliphatic heterocycles. The SMILES string of the molecule is c1ccc(C(OC(c2ccccc2)c2ccccn2)c2ccccn2)cc1. The zero-order valence-electron chi connectivity index (χ0n) is 14.8. The largest absolute Gasteiger partial charge is 0.353 e. The van der Waals surface area contributed by atoms with Gasteiger partial charge < -0.3 is 4.74 Å². The van der Waals surface area contributed by atoms with Crippen LogP contribution in [0, 0.1) is 0 Å². The fourth-order valence-electron chi connectivity index (χ4n) is 3.09. The second-order valence-corrected chi connectivity index (χ2v) is 6.23. The minimum atomic E-state index is -0.292. The third kappa shape index (κ3) is 4.10. The van der Waals surface area contributed by atoms with Crippen LogP contribution in [0.1, 0.15) is 34.7 Å². The van der Waals surface area contributed by atoms with Crippen LogP contribution in [0.4, 0.5) is 0 Å². The van der Waals surface area contributed by atoms with E-state index in [2.05, 4.69) is 34.2 Å². The van der Waals surface area contributed by atoms with Crippen molar-refractivity contribution in [3.63, 3.8) is 0 Å². The summed E-state index contributed by atoms with van der Waals surface area (Å²) >= 11 is 0. The maximum absolute atomic E-state index is 6.67. The van der Waals surface area contributed by atoms with Gasteiger partial charge in [0.15, 0.2) is 0 Å². The topological polar surface area (TPSA) is 35.0 Å². The van der Waals surface area contributed by atoms with Gasteiger partial charge in [0, 0.05) is 12.4 Å². The molecule has 0 bridgehead atoms. The predicted octanol–water partition coefficient (Wildman–Crippen LogP) is 5.37. The van der Waals surface area contributed by atoms with E-state index in [1.165, 1.54) is 0 Å². The van der Waals surface area contributed by atoms with Gasteiger partial charge in [-0.05, 0) is 35.4 Å². The molecule has 132 valence electrons. The highest BCUT2D eigenvalue weighted by atomic mass is 16.5. The zero-order chi connectivity index (χ0) is 18.3. The molecule has 0 radical (unpaired) electrons. The molecule has 4 aromatic rings. The summed E-state index contributed by atoms with van der Waals surface area (Å²) in [6, 6.07) is 32.2. The van der Waals surface area contributed by atoms with Gasteiger partial charge in [0.2, 0.25) is 0 Å². The lowest BCUT2D eigenvalue weighted by molar-refractivity contribution is 0.0262. The van der Waals surface area contributed by atoms with Crippen LogP contribution >= 0.6 is 0 Å². The Labute approximate surface area is 159 Å². The van der Waals surface area contributed by atoms with Crippen LogP contribution in [-0.4, -0.2) is 9.97 Å². The smallest absolute Gasteiger partial charge is 0.126 e. The first-order valence-electron chi connectivity index (χ1n) is 8.99. The summed E-state index contributed by atoms with van der Waals surface area (Å²) in [4.78, 5) is 9.10. The number of benzene rings is 2. The maximum Gasteiger partial charge on any atom is 0.126 e. The fraction of sp³-hybridized carbons (Fsp3) is 0.0833. The number of nitrogens with zero attached hydrogens (tertiary/aromatic N) is 2. The van der Waals surface area contributed by atoms with E-state index in [0.29, 0.717) is 0 Å². The van der Waals surface area contributed by atoms with Gasteiger partial charge in [0.05, 0.1) is 11.4 Å². The molecule has 3 nitrogen and oxygen atoms in total. The van der Waals surface area contributed by atoms with Crippen molar-refractivity contribution in [2.75, 3.05) is 0 Å². The molecule has 3 heteroatoms. The molecule has 2 aromatic heterocycles. The molecule has 0 aliphatic rings. The molecule has 0 fully saturated rings. The summed E-state index contributed by atoms with van der Waals surface area (Å²) in [5, 5.41) is 0. The molecule has 0 spiro atoms. The number of rotatable bonds is 6. The Kier molecular flexibility index (Phi) is 5.32. The Morgan fingerprint density at radius 3 is 1.26 bits per heavy atom. The first-order valence-corrected chi connectivity index (χ1v) is 8.99. The van der Waals surface area contributed by atoms with Crippen LogP contribution in [0.2, 0.25) is 0 Å². The number of aromatic nitrogens is 2. The highest BCUT2D eigenvalue weighted by Crippen LogP contribution is 2.34. The molecule has 4 rings (SSSR count). The molecule has 0 N–H and O–H groups in total. The summed E-state index contributed by atoms with van der Waals surface area (Å²) in [6.45, 7) is 0. The minimum Gasteiger partial charge on any atom is -0.353 e. The van der Waals surface area contributed by atoms with Crippen molar-refractivity contribution < 1.29 is 4.74 Å². The maximum atomic E-state index is 6.67. The van der Waals surface area contributed by atoms with Crippen LogP contribution in [0.3, 0.4) is 0 Å². The average Bonchev–Trinajstić information content (AvgIpc) is 2.77. The van der Waals surface area contributed by atoms with E-state index in [0.717, 1.165) is 22.5 Å². The van der Waals surface area contributed by atoms with Gasteiger partial charge in [0.25, 0.3) is 0 Å². The van der Waals surface area contributed by atoms with E-state index in [4.69, 9.17) is 4.74 Å². The van der Waals surface area contributed by atoms with E-state index in [1.807, 2.05) is 72.8 Å². The van der Waals surface area contributed by atoms with Crippen molar-refractivity contribution in [3.05, 3.63) is 132 Å². The van der Waals surface area contributed by atoms with Crippen molar-refractivity contribution in [2.24, 2.45) is 0 Å². The first kappa shape index (κ1) is 17.1. The van der Waals surface area contributed by atoms with E-state index < -0.39 is 0 Å². The average molecular weight is 352 g/mol. The molecule has 2 atom stereocenters. The lowest BCUT2D eigenvalue weighted by Crippen LogP contribution is -2.15. The van der Waals surface area contributed by atoms with Gasteiger partial charge in [-0.15, -0.1) is 0 Å². The molecule has 0 saturated carbocycles. The third-order valence-electron chi connectivity index (χ3n) is 4.39. The fourth-order valence-corrected chi connectivity index (χ4v) is 3.09. The molecule has 2 aromatic carbocycles. The van der Waals surface area contributed by atoms with Crippen molar-refractivity contribution in [3.8, 4) is 0 Å². The van der Waals surface area contributed by atoms with Gasteiger partial charge in [-0.1, -0.05) is 72.8 Å². The summed E-state index contributed by atoms with van der Waals surface area (Å²) < 4.78 is 6.67. The second kappa shape index (κ2) is 8.39. The summed E-state index contributed by atoms with van der Waals surface area (Å²) in [7, 11) is 0. The summed E-state index contributed by atoms with van der Waals surface area (Å²) in [5.41, 5.74) is 3.88. The second-order valence-electron chi connectivity index (χ2n) is 6.23. The quantitative estimate of drug-likeness (QED) is 0.468. The molecular weight excluding hydrogens is 332 g/mol. The number of hydrogen-bond donors (Lipinski definition) is 0. The molecule has 2 heterocycles. The Morgan fingerprint density at radius 1 is 0.481 bits per heavy atom. The van der Waals surface area contributed by atoms with Crippen LogP contribution in [0.15, 0.2) is 109 Å². The first-order chi connectivity index (χ1) is 13.4. The highest BCUT2D eigenvalue weighted by molar-refractivity contribution is 5.29. The van der Waals surface area contributed by atoms with Crippen molar-refractivity contribution >= 4 is 0 Å². The van der Waals surface area contributed by atoms with Crippen molar-refractivity contribution in [1.29, 1.82) is 0 Å². The van der Waals surface area contributed by atoms with Gasteiger partial charge in [-0.3, -0.25) is 9.97 Å². The Bertz CT molecular complexity index is 785. The van der Waals surface area contributed by atoms with Crippen LogP contribution in [-0.2, 0) is 4.74 Å². The van der Waals surface area contributed by atoms with Gasteiger partial charge >= 0.3 is 0 Å². The standard InChI is InChI=1S/C24H20N2O/c1-3-11-19(12-4-1)23(21-15-7-9-17-25-21)27-24(20-13-5-2-6-14-20)22-16-8-10-18-26-22/h1-18,23-24H. The Balaban J connectivity index is 1.77. The molecule has 0 aliphatic carbocycles. The molecule has 0 amide bonds. The van der Waals surface area contributed by atoms with Crippen LogP contribution in [0.25, 0.3) is 0 Å². The van der Waals surface area contributed by atoms with Gasteiger partial charge in [-0.25, -0.2) is 0 Å². The van der Waals surface area contributed by atoms with Crippen LogP contribution in [0.5, 0.6) is 0 Å². The monoisotopic (exact) mass is 352 g/mol. The minimum absolute atomic E-state index is 0.292. The number of pyridine rings is 2. The van der Waals surface area contributed by atoms with Gasteiger partial charge in [0.1, 0.15) is 12.2 Å². The highest BCUT2D eigenvalue weighted by Gasteiger charge is 2.24. The predicted molar refractivity (Wildman–Crippen MR) is 106 cm³/mol. The zero-order valence-corrected chi connectivity index (χ0v) is 14.8. The summed E-state index contributed by atoms with van der Waals surface area (Å²) in [5.74, 6) is 0. The molecule has 2 unspecified atom stereocenters. The molecular formula is C24H20N2O.